The third-order valence-corrected chi connectivity index (χ3v) is 6.33. The van der Waals surface area contributed by atoms with Crippen LogP contribution in [0.5, 0.6) is 0 Å². The Bertz CT molecular complexity index is 1020. The lowest BCUT2D eigenvalue weighted by Crippen LogP contribution is -2.32. The largest absolute Gasteiger partial charge is 0.349 e. The van der Waals surface area contributed by atoms with Crippen LogP contribution in [0.2, 0.25) is 0 Å². The predicted octanol–water partition coefficient (Wildman–Crippen LogP) is 3.65. The van der Waals surface area contributed by atoms with Gasteiger partial charge in [0.25, 0.3) is 0 Å². The van der Waals surface area contributed by atoms with Crippen LogP contribution in [0.15, 0.2) is 53.3 Å². The van der Waals surface area contributed by atoms with E-state index in [2.05, 4.69) is 28.5 Å². The lowest BCUT2D eigenvalue weighted by Gasteiger charge is -2.26. The van der Waals surface area contributed by atoms with Gasteiger partial charge in [-0.1, -0.05) is 36.4 Å². The fourth-order valence-corrected chi connectivity index (χ4v) is 4.70. The van der Waals surface area contributed by atoms with Crippen LogP contribution in [0, 0.1) is 0 Å². The first kappa shape index (κ1) is 18.9. The van der Waals surface area contributed by atoms with Crippen LogP contribution in [-0.4, -0.2) is 27.0 Å². The Morgan fingerprint density at radius 1 is 1.18 bits per heavy atom. The number of benzene rings is 2. The normalized spacial score (nSPS) is 16.1. The number of H-pyrrole nitrogens is 1. The number of carbonyl (C=O) groups excluding carboxylic acids is 1. The van der Waals surface area contributed by atoms with Gasteiger partial charge in [0.15, 0.2) is 0 Å². The van der Waals surface area contributed by atoms with Crippen LogP contribution in [-0.2, 0) is 17.8 Å². The van der Waals surface area contributed by atoms with E-state index in [0.29, 0.717) is 12.3 Å². The molecule has 0 saturated carbocycles. The minimum Gasteiger partial charge on any atom is -0.349 e. The molecule has 28 heavy (non-hydrogen) atoms. The number of amides is 1. The topological polar surface area (TPSA) is 66.9 Å². The highest BCUT2D eigenvalue weighted by Gasteiger charge is 2.21. The molecule has 1 aliphatic rings. The summed E-state index contributed by atoms with van der Waals surface area (Å²) in [4.78, 5) is 27.3. The summed E-state index contributed by atoms with van der Waals surface area (Å²) in [5.41, 5.74) is 4.36. The second-order valence-corrected chi connectivity index (χ2v) is 8.32. The van der Waals surface area contributed by atoms with Gasteiger partial charge in [-0.05, 0) is 54.7 Å². The molecule has 0 radical (unpaired) electrons. The predicted molar refractivity (Wildman–Crippen MR) is 115 cm³/mol. The van der Waals surface area contributed by atoms with Crippen molar-refractivity contribution < 1.29 is 4.79 Å². The van der Waals surface area contributed by atoms with Crippen molar-refractivity contribution in [2.24, 2.45) is 0 Å². The molecular weight excluding hydrogens is 370 g/mol. The molecule has 1 aromatic heterocycles. The van der Waals surface area contributed by atoms with Gasteiger partial charge in [-0.15, -0.1) is 0 Å². The third-order valence-electron chi connectivity index (χ3n) is 5.29. The molecule has 0 fully saturated rings. The maximum Gasteiger partial charge on any atom is 0.326 e. The van der Waals surface area contributed by atoms with Crippen LogP contribution < -0.4 is 11.0 Å². The molecule has 2 N–H and O–H groups in total. The van der Waals surface area contributed by atoms with Gasteiger partial charge in [0.05, 0.1) is 22.8 Å². The number of imidazole rings is 1. The number of fused-ring (bicyclic) bond motifs is 2. The van der Waals surface area contributed by atoms with Gasteiger partial charge >= 0.3 is 5.69 Å². The first-order chi connectivity index (χ1) is 13.7. The van der Waals surface area contributed by atoms with Gasteiger partial charge in [0.2, 0.25) is 5.91 Å². The highest BCUT2D eigenvalue weighted by molar-refractivity contribution is 7.99. The zero-order chi connectivity index (χ0) is 19.3. The fourth-order valence-electron chi connectivity index (χ4n) is 3.96. The van der Waals surface area contributed by atoms with Crippen LogP contribution in [0.4, 0.5) is 0 Å². The summed E-state index contributed by atoms with van der Waals surface area (Å²) in [6.45, 7) is 0.660. The van der Waals surface area contributed by atoms with E-state index in [1.54, 1.807) is 16.3 Å². The van der Waals surface area contributed by atoms with Gasteiger partial charge in [-0.25, -0.2) is 4.79 Å². The first-order valence-electron chi connectivity index (χ1n) is 9.85. The molecule has 1 heterocycles. The van der Waals surface area contributed by atoms with Gasteiger partial charge in [0, 0.05) is 6.54 Å². The number of hydrogen-bond donors (Lipinski definition) is 2. The van der Waals surface area contributed by atoms with E-state index >= 15 is 0 Å². The van der Waals surface area contributed by atoms with E-state index in [1.165, 1.54) is 11.1 Å². The second kappa shape index (κ2) is 8.69. The van der Waals surface area contributed by atoms with Gasteiger partial charge in [-0.3, -0.25) is 9.36 Å². The number of aromatic nitrogens is 2. The van der Waals surface area contributed by atoms with Crippen LogP contribution >= 0.6 is 11.8 Å². The fraction of sp³-hybridized carbons (Fsp3) is 0.364. The second-order valence-electron chi connectivity index (χ2n) is 7.22. The zero-order valence-corrected chi connectivity index (χ0v) is 16.6. The number of carbonyl (C=O) groups is 1. The molecule has 0 unspecified atom stereocenters. The number of nitrogens with zero attached hydrogens (tertiary/aromatic N) is 1. The monoisotopic (exact) mass is 395 g/mol. The van der Waals surface area contributed by atoms with Crippen LogP contribution in [0.3, 0.4) is 0 Å². The first-order valence-corrected chi connectivity index (χ1v) is 11.0. The molecule has 1 atom stereocenters. The maximum absolute atomic E-state index is 12.3. The van der Waals surface area contributed by atoms with E-state index in [4.69, 9.17) is 0 Å². The number of hydrogen-bond acceptors (Lipinski definition) is 3. The summed E-state index contributed by atoms with van der Waals surface area (Å²) in [6.07, 6.45) is 4.09. The Kier molecular flexibility index (Phi) is 5.86. The highest BCUT2D eigenvalue weighted by atomic mass is 32.2. The van der Waals surface area contributed by atoms with Crippen molar-refractivity contribution in [1.82, 2.24) is 14.9 Å². The number of nitrogens with one attached hydrogen (secondary N) is 2. The van der Waals surface area contributed by atoms with Crippen molar-refractivity contribution >= 4 is 28.7 Å². The maximum atomic E-state index is 12.3. The number of thioether (sulfide) groups is 1. The molecule has 4 rings (SSSR count). The lowest BCUT2D eigenvalue weighted by molar-refractivity contribution is -0.119. The van der Waals surface area contributed by atoms with Gasteiger partial charge in [0.1, 0.15) is 0 Å². The molecule has 1 amide bonds. The Morgan fingerprint density at radius 3 is 2.93 bits per heavy atom. The third kappa shape index (κ3) is 4.17. The van der Waals surface area contributed by atoms with E-state index < -0.39 is 0 Å². The average molecular weight is 396 g/mol. The Labute approximate surface area is 168 Å². The van der Waals surface area contributed by atoms with Crippen LogP contribution in [0.25, 0.3) is 11.0 Å². The summed E-state index contributed by atoms with van der Waals surface area (Å²) in [5, 5.41) is 3.19. The summed E-state index contributed by atoms with van der Waals surface area (Å²) >= 11 is 1.63. The lowest BCUT2D eigenvalue weighted by atomic mass is 9.88. The Morgan fingerprint density at radius 2 is 2.00 bits per heavy atom. The summed E-state index contributed by atoms with van der Waals surface area (Å²) < 4.78 is 1.77. The number of rotatable bonds is 7. The van der Waals surface area contributed by atoms with Crippen molar-refractivity contribution in [3.05, 3.63) is 70.1 Å². The van der Waals surface area contributed by atoms with Crippen molar-refractivity contribution in [3.63, 3.8) is 0 Å². The molecule has 2 aromatic carbocycles. The number of aryl methyl sites for hydroxylation is 2. The molecule has 1 aliphatic carbocycles. The molecule has 6 heteroatoms. The molecule has 3 aromatic rings. The zero-order valence-electron chi connectivity index (χ0n) is 15.8. The van der Waals surface area contributed by atoms with Crippen molar-refractivity contribution in [3.8, 4) is 0 Å². The summed E-state index contributed by atoms with van der Waals surface area (Å²) in [6, 6.07) is 16.3. The van der Waals surface area contributed by atoms with Gasteiger partial charge in [-0.2, -0.15) is 11.8 Å². The van der Waals surface area contributed by atoms with E-state index in [-0.39, 0.29) is 17.6 Å². The van der Waals surface area contributed by atoms with E-state index in [0.717, 1.165) is 42.5 Å². The highest BCUT2D eigenvalue weighted by Crippen LogP contribution is 2.29. The van der Waals surface area contributed by atoms with E-state index in [1.807, 2.05) is 30.3 Å². The molecule has 146 valence electrons. The molecule has 5 nitrogen and oxygen atoms in total. The van der Waals surface area contributed by atoms with Crippen molar-refractivity contribution in [2.75, 3.05) is 11.5 Å². The average Bonchev–Trinajstić information content (AvgIpc) is 3.03. The van der Waals surface area contributed by atoms with Gasteiger partial charge < -0.3 is 10.3 Å². The SMILES string of the molecule is O=C(CSCCCn1c(=O)[nH]c2ccccc21)N[C@@H]1CCCc2ccccc21. The standard InChI is InChI=1S/C22H25N3O2S/c26-21(23-18-11-5-8-16-7-1-2-9-17(16)18)15-28-14-6-13-25-20-12-4-3-10-19(20)24-22(25)27/h1-4,7,9-10,12,18H,5-6,8,11,13-15H2,(H,23,26)(H,24,27)/t18-/m1/s1. The quantitative estimate of drug-likeness (QED) is 0.600. The summed E-state index contributed by atoms with van der Waals surface area (Å²) in [5.74, 6) is 1.40. The molecular formula is C22H25N3O2S. The van der Waals surface area contributed by atoms with Crippen molar-refractivity contribution in [2.45, 2.75) is 38.3 Å². The minimum atomic E-state index is -0.0695. The molecule has 0 saturated heterocycles. The Hall–Kier alpha value is -2.47. The number of para-hydroxylation sites is 2. The number of aromatic amines is 1. The van der Waals surface area contributed by atoms with Crippen molar-refractivity contribution in [1.29, 1.82) is 0 Å². The molecule has 0 spiro atoms. The Balaban J connectivity index is 1.23. The molecule has 0 bridgehead atoms. The molecule has 0 aliphatic heterocycles. The van der Waals surface area contributed by atoms with E-state index in [9.17, 15) is 9.59 Å². The smallest absolute Gasteiger partial charge is 0.326 e. The minimum absolute atomic E-state index is 0.0695. The van der Waals surface area contributed by atoms with Crippen LogP contribution in [0.1, 0.15) is 36.4 Å². The summed E-state index contributed by atoms with van der Waals surface area (Å²) in [7, 11) is 0.